The Bertz CT molecular complexity index is 1280. The summed E-state index contributed by atoms with van der Waals surface area (Å²) in [5, 5.41) is 8.69. The predicted octanol–water partition coefficient (Wildman–Crippen LogP) is 4.89. The van der Waals surface area contributed by atoms with Gasteiger partial charge in [0.1, 0.15) is 0 Å². The van der Waals surface area contributed by atoms with Crippen LogP contribution in [0.1, 0.15) is 29.8 Å². The van der Waals surface area contributed by atoms with Gasteiger partial charge in [0.15, 0.2) is 0 Å². The molecule has 1 amide bonds. The molecule has 0 saturated carbocycles. The minimum Gasteiger partial charge on any atom is -0.323 e. The molecule has 0 radical (unpaired) electrons. The van der Waals surface area contributed by atoms with Gasteiger partial charge in [0.25, 0.3) is 0 Å². The molecular weight excluding hydrogens is 495 g/mol. The molecule has 1 fully saturated rings. The summed E-state index contributed by atoms with van der Waals surface area (Å²) in [7, 11) is -3.55. The molecule has 0 atom stereocenters. The summed E-state index contributed by atoms with van der Waals surface area (Å²) in [6.07, 6.45) is 0.915. The van der Waals surface area contributed by atoms with Crippen LogP contribution in [0, 0.1) is 19.8 Å². The number of halogens is 2. The van der Waals surface area contributed by atoms with Crippen LogP contribution in [0.2, 0.25) is 10.0 Å². The van der Waals surface area contributed by atoms with Crippen LogP contribution in [-0.2, 0) is 21.4 Å². The lowest BCUT2D eigenvalue weighted by atomic mass is 9.97. The summed E-state index contributed by atoms with van der Waals surface area (Å²) in [6, 6.07) is 13.7. The van der Waals surface area contributed by atoms with Crippen molar-refractivity contribution in [3.05, 3.63) is 75.5 Å². The number of nitrogens with one attached hydrogen (secondary N) is 1. The first-order valence-corrected chi connectivity index (χ1v) is 13.2. The van der Waals surface area contributed by atoms with Crippen molar-refractivity contribution in [3.8, 4) is 0 Å². The second-order valence-electron chi connectivity index (χ2n) is 8.38. The number of carbonyl (C=O) groups is 1. The van der Waals surface area contributed by atoms with Gasteiger partial charge in [-0.15, -0.1) is 0 Å². The van der Waals surface area contributed by atoms with Crippen LogP contribution in [0.5, 0.6) is 0 Å². The summed E-state index contributed by atoms with van der Waals surface area (Å²) in [6.45, 7) is 4.71. The molecule has 180 valence electrons. The number of aromatic nitrogens is 2. The molecule has 2 aromatic carbocycles. The monoisotopic (exact) mass is 520 g/mol. The van der Waals surface area contributed by atoms with Crippen molar-refractivity contribution in [2.24, 2.45) is 5.92 Å². The molecule has 4 rings (SSSR count). The first kappa shape index (κ1) is 24.7. The third-order valence-electron chi connectivity index (χ3n) is 6.20. The molecule has 3 aromatic rings. The van der Waals surface area contributed by atoms with Crippen molar-refractivity contribution in [3.63, 3.8) is 0 Å². The lowest BCUT2D eigenvalue weighted by Gasteiger charge is -2.30. The predicted molar refractivity (Wildman–Crippen MR) is 134 cm³/mol. The van der Waals surface area contributed by atoms with E-state index in [-0.39, 0.29) is 16.7 Å². The van der Waals surface area contributed by atoms with Gasteiger partial charge in [-0.2, -0.15) is 9.40 Å². The van der Waals surface area contributed by atoms with Gasteiger partial charge in [0, 0.05) is 34.6 Å². The molecule has 1 aromatic heterocycles. The number of benzene rings is 2. The summed E-state index contributed by atoms with van der Waals surface area (Å²) in [4.78, 5) is 13.3. The summed E-state index contributed by atoms with van der Waals surface area (Å²) in [5.74, 6) is -0.402. The van der Waals surface area contributed by atoms with Crippen molar-refractivity contribution in [2.75, 3.05) is 18.4 Å². The summed E-state index contributed by atoms with van der Waals surface area (Å²) in [5.41, 5.74) is 2.91. The summed E-state index contributed by atoms with van der Waals surface area (Å²) >= 11 is 12.6. The maximum atomic E-state index is 13.0. The minimum absolute atomic E-state index is 0.127. The Morgan fingerprint density at radius 2 is 1.65 bits per heavy atom. The first-order chi connectivity index (χ1) is 16.2. The highest BCUT2D eigenvalue weighted by atomic mass is 35.5. The lowest BCUT2D eigenvalue weighted by molar-refractivity contribution is -0.120. The van der Waals surface area contributed by atoms with E-state index in [0.29, 0.717) is 53.9 Å². The van der Waals surface area contributed by atoms with Gasteiger partial charge in [-0.25, -0.2) is 8.42 Å². The number of hydrogen-bond acceptors (Lipinski definition) is 4. The van der Waals surface area contributed by atoms with E-state index in [4.69, 9.17) is 23.2 Å². The smallest absolute Gasteiger partial charge is 0.243 e. The number of nitrogens with zero attached hydrogens (tertiary/aromatic N) is 3. The molecule has 0 spiro atoms. The third-order valence-corrected chi connectivity index (χ3v) is 8.83. The molecule has 10 heteroatoms. The van der Waals surface area contributed by atoms with Crippen LogP contribution >= 0.6 is 23.2 Å². The number of sulfonamides is 1. The molecule has 1 aliphatic rings. The quantitative estimate of drug-likeness (QED) is 0.501. The molecule has 34 heavy (non-hydrogen) atoms. The highest BCUT2D eigenvalue weighted by Gasteiger charge is 2.32. The van der Waals surface area contributed by atoms with Crippen LogP contribution in [-0.4, -0.2) is 41.5 Å². The fraction of sp³-hybridized carbons (Fsp3) is 0.333. The number of aryl methyl sites for hydroxylation is 1. The zero-order chi connectivity index (χ0) is 24.5. The highest BCUT2D eigenvalue weighted by molar-refractivity contribution is 7.89. The maximum Gasteiger partial charge on any atom is 0.243 e. The van der Waals surface area contributed by atoms with Crippen LogP contribution in [0.15, 0.2) is 53.4 Å². The topological polar surface area (TPSA) is 84.3 Å². The van der Waals surface area contributed by atoms with Crippen LogP contribution < -0.4 is 5.32 Å². The Morgan fingerprint density at radius 3 is 2.26 bits per heavy atom. The van der Waals surface area contributed by atoms with E-state index in [1.165, 1.54) is 4.31 Å². The van der Waals surface area contributed by atoms with Crippen LogP contribution in [0.3, 0.4) is 0 Å². The van der Waals surface area contributed by atoms with Crippen molar-refractivity contribution in [1.82, 2.24) is 14.1 Å². The van der Waals surface area contributed by atoms with Crippen molar-refractivity contribution in [1.29, 1.82) is 0 Å². The van der Waals surface area contributed by atoms with E-state index < -0.39 is 10.0 Å². The molecule has 0 aliphatic carbocycles. The van der Waals surface area contributed by atoms with Gasteiger partial charge in [-0.05, 0) is 51.0 Å². The average Bonchev–Trinajstić information content (AvgIpc) is 3.09. The minimum atomic E-state index is -3.55. The van der Waals surface area contributed by atoms with Crippen molar-refractivity contribution >= 4 is 44.8 Å². The first-order valence-electron chi connectivity index (χ1n) is 11.0. The normalized spacial score (nSPS) is 15.4. The average molecular weight is 521 g/mol. The molecule has 7 nitrogen and oxygen atoms in total. The van der Waals surface area contributed by atoms with Crippen molar-refractivity contribution < 1.29 is 13.2 Å². The van der Waals surface area contributed by atoms with E-state index in [1.807, 2.05) is 13.8 Å². The van der Waals surface area contributed by atoms with Crippen LogP contribution in [0.25, 0.3) is 0 Å². The van der Waals surface area contributed by atoms with Gasteiger partial charge in [0.2, 0.25) is 15.9 Å². The Balaban J connectivity index is 1.42. The number of anilines is 1. The van der Waals surface area contributed by atoms with E-state index in [9.17, 15) is 13.2 Å². The number of piperidine rings is 1. The van der Waals surface area contributed by atoms with Crippen molar-refractivity contribution in [2.45, 2.75) is 38.1 Å². The van der Waals surface area contributed by atoms with E-state index in [1.54, 1.807) is 53.2 Å². The SMILES string of the molecule is Cc1nn(Cc2c(Cl)cccc2Cl)c(C)c1NC(=O)C1CCN(S(=O)(=O)c2ccccc2)CC1. The van der Waals surface area contributed by atoms with E-state index in [0.717, 1.165) is 11.3 Å². The third kappa shape index (κ3) is 5.00. The summed E-state index contributed by atoms with van der Waals surface area (Å²) < 4.78 is 28.9. The molecule has 1 aliphatic heterocycles. The van der Waals surface area contributed by atoms with Gasteiger partial charge in [-0.1, -0.05) is 47.5 Å². The van der Waals surface area contributed by atoms with Gasteiger partial charge < -0.3 is 5.32 Å². The lowest BCUT2D eigenvalue weighted by Crippen LogP contribution is -2.41. The molecule has 1 N–H and O–H groups in total. The molecule has 2 heterocycles. The zero-order valence-corrected chi connectivity index (χ0v) is 21.3. The van der Waals surface area contributed by atoms with E-state index in [2.05, 4.69) is 10.4 Å². The maximum absolute atomic E-state index is 13.0. The number of amides is 1. The Labute approximate surface area is 209 Å². The standard InChI is InChI=1S/C24H26Cl2N4O3S/c1-16-23(17(2)30(28-16)15-20-21(25)9-6-10-22(20)26)27-24(31)18-11-13-29(14-12-18)34(32,33)19-7-4-3-5-8-19/h3-10,18H,11-15H2,1-2H3,(H,27,31). The second kappa shape index (κ2) is 10.1. The molecule has 0 bridgehead atoms. The van der Waals surface area contributed by atoms with Gasteiger partial charge >= 0.3 is 0 Å². The zero-order valence-electron chi connectivity index (χ0n) is 19.0. The fourth-order valence-electron chi connectivity index (χ4n) is 4.19. The highest BCUT2D eigenvalue weighted by Crippen LogP contribution is 2.29. The van der Waals surface area contributed by atoms with Gasteiger partial charge in [0.05, 0.1) is 28.5 Å². The largest absolute Gasteiger partial charge is 0.323 e. The number of rotatable bonds is 6. The van der Waals surface area contributed by atoms with E-state index >= 15 is 0 Å². The number of hydrogen-bond donors (Lipinski definition) is 1. The Morgan fingerprint density at radius 1 is 1.03 bits per heavy atom. The molecular formula is C24H26Cl2N4O3S. The molecule has 0 unspecified atom stereocenters. The molecule has 1 saturated heterocycles. The number of carbonyl (C=O) groups excluding carboxylic acids is 1. The van der Waals surface area contributed by atoms with Gasteiger partial charge in [-0.3, -0.25) is 9.48 Å². The fourth-order valence-corrected chi connectivity index (χ4v) is 6.20. The van der Waals surface area contributed by atoms with Crippen LogP contribution in [0.4, 0.5) is 5.69 Å². The Hall–Kier alpha value is -2.39. The second-order valence-corrected chi connectivity index (χ2v) is 11.1. The Kier molecular flexibility index (Phi) is 7.33.